The van der Waals surface area contributed by atoms with Crippen molar-refractivity contribution >= 4 is 5.97 Å². The van der Waals surface area contributed by atoms with Crippen molar-refractivity contribution in [3.05, 3.63) is 12.2 Å². The van der Waals surface area contributed by atoms with Gasteiger partial charge < -0.3 is 10.2 Å². The number of aliphatic carboxylic acids is 1. The summed E-state index contributed by atoms with van der Waals surface area (Å²) in [4.78, 5) is 9.83. The molecule has 0 unspecified atom stereocenters. The maximum atomic E-state index is 9.83. The SMILES string of the molecule is C=C(C)[C@@H](O)C(=O)O. The van der Waals surface area contributed by atoms with Crippen LogP contribution in [-0.4, -0.2) is 22.3 Å². The molecule has 1 atom stereocenters. The Morgan fingerprint density at radius 3 is 2.12 bits per heavy atom. The molecule has 0 spiro atoms. The number of carbonyl (C=O) groups is 1. The number of aliphatic hydroxyl groups is 1. The van der Waals surface area contributed by atoms with Gasteiger partial charge >= 0.3 is 5.97 Å². The summed E-state index contributed by atoms with van der Waals surface area (Å²) in [5.74, 6) is -1.25. The van der Waals surface area contributed by atoms with Crippen LogP contribution in [0.1, 0.15) is 6.92 Å². The molecule has 0 saturated heterocycles. The summed E-state index contributed by atoms with van der Waals surface area (Å²) in [5.41, 5.74) is 0.248. The van der Waals surface area contributed by atoms with Crippen molar-refractivity contribution in [2.75, 3.05) is 0 Å². The van der Waals surface area contributed by atoms with E-state index in [-0.39, 0.29) is 5.57 Å². The quantitative estimate of drug-likeness (QED) is 0.499. The fourth-order valence-electron chi connectivity index (χ4n) is 0.211. The number of hydrogen-bond donors (Lipinski definition) is 2. The van der Waals surface area contributed by atoms with Crippen LogP contribution >= 0.6 is 0 Å². The zero-order valence-electron chi connectivity index (χ0n) is 4.59. The number of carboxylic acid groups (broad SMARTS) is 1. The van der Waals surface area contributed by atoms with Gasteiger partial charge in [-0.1, -0.05) is 6.58 Å². The summed E-state index contributed by atoms with van der Waals surface area (Å²) in [6.45, 7) is 4.70. The summed E-state index contributed by atoms with van der Waals surface area (Å²) in [6.07, 6.45) is -1.41. The molecule has 0 aromatic rings. The lowest BCUT2D eigenvalue weighted by Crippen LogP contribution is -2.19. The third-order valence-corrected chi connectivity index (χ3v) is 0.701. The fourth-order valence-corrected chi connectivity index (χ4v) is 0.211. The van der Waals surface area contributed by atoms with E-state index < -0.39 is 12.1 Å². The van der Waals surface area contributed by atoms with Crippen molar-refractivity contribution in [3.8, 4) is 0 Å². The minimum absolute atomic E-state index is 0.248. The molecule has 0 radical (unpaired) electrons. The van der Waals surface area contributed by atoms with Crippen molar-refractivity contribution in [2.24, 2.45) is 0 Å². The highest BCUT2D eigenvalue weighted by molar-refractivity contribution is 5.75. The second-order valence-electron chi connectivity index (χ2n) is 1.59. The lowest BCUT2D eigenvalue weighted by atomic mass is 10.2. The van der Waals surface area contributed by atoms with Gasteiger partial charge in [0.1, 0.15) is 0 Å². The maximum Gasteiger partial charge on any atom is 0.336 e. The van der Waals surface area contributed by atoms with Crippen molar-refractivity contribution < 1.29 is 15.0 Å². The van der Waals surface area contributed by atoms with E-state index in [1.807, 2.05) is 0 Å². The molecule has 0 aliphatic carbocycles. The Morgan fingerprint density at radius 1 is 1.75 bits per heavy atom. The third kappa shape index (κ3) is 1.75. The number of aliphatic hydroxyl groups excluding tert-OH is 1. The molecule has 0 aliphatic heterocycles. The first-order valence-electron chi connectivity index (χ1n) is 2.12. The molecule has 2 N–H and O–H groups in total. The van der Waals surface area contributed by atoms with E-state index in [1.54, 1.807) is 0 Å². The van der Waals surface area contributed by atoms with Crippen molar-refractivity contribution in [1.29, 1.82) is 0 Å². The van der Waals surface area contributed by atoms with Crippen LogP contribution in [0, 0.1) is 0 Å². The molecule has 0 heterocycles. The fraction of sp³-hybridized carbons (Fsp3) is 0.400. The van der Waals surface area contributed by atoms with Crippen molar-refractivity contribution in [2.45, 2.75) is 13.0 Å². The Labute approximate surface area is 47.3 Å². The number of carboxylic acids is 1. The van der Waals surface area contributed by atoms with Gasteiger partial charge in [0.15, 0.2) is 6.10 Å². The van der Waals surface area contributed by atoms with E-state index in [1.165, 1.54) is 6.92 Å². The van der Waals surface area contributed by atoms with Gasteiger partial charge in [-0.3, -0.25) is 0 Å². The summed E-state index contributed by atoms with van der Waals surface area (Å²) in [5, 5.41) is 16.5. The molecule has 0 bridgehead atoms. The highest BCUT2D eigenvalue weighted by atomic mass is 16.4. The zero-order chi connectivity index (χ0) is 6.73. The highest BCUT2D eigenvalue weighted by Crippen LogP contribution is 1.95. The standard InChI is InChI=1S/C5H8O3/c1-3(2)4(6)5(7)8/h4,6H,1H2,2H3,(H,7,8)/t4-/m1/s1. The van der Waals surface area contributed by atoms with Crippen LogP contribution < -0.4 is 0 Å². The second-order valence-corrected chi connectivity index (χ2v) is 1.59. The average Bonchev–Trinajstić information content (AvgIpc) is 1.64. The topological polar surface area (TPSA) is 57.5 Å². The molecule has 0 saturated carbocycles. The highest BCUT2D eigenvalue weighted by Gasteiger charge is 2.11. The zero-order valence-corrected chi connectivity index (χ0v) is 4.59. The number of rotatable bonds is 2. The van der Waals surface area contributed by atoms with Crippen LogP contribution in [-0.2, 0) is 4.79 Å². The molecule has 8 heavy (non-hydrogen) atoms. The van der Waals surface area contributed by atoms with Crippen LogP contribution in [0.2, 0.25) is 0 Å². The van der Waals surface area contributed by atoms with E-state index >= 15 is 0 Å². The molecule has 0 fully saturated rings. The van der Waals surface area contributed by atoms with Gasteiger partial charge in [0.25, 0.3) is 0 Å². The Kier molecular flexibility index (Phi) is 2.21. The largest absolute Gasteiger partial charge is 0.479 e. The van der Waals surface area contributed by atoms with E-state index in [9.17, 15) is 4.79 Å². The molecule has 0 aromatic heterocycles. The number of hydrogen-bond acceptors (Lipinski definition) is 2. The molecule has 46 valence electrons. The minimum Gasteiger partial charge on any atom is -0.479 e. The van der Waals surface area contributed by atoms with Crippen molar-refractivity contribution in [1.82, 2.24) is 0 Å². The molecular formula is C5H8O3. The summed E-state index contributed by atoms with van der Waals surface area (Å²) in [6, 6.07) is 0. The van der Waals surface area contributed by atoms with Gasteiger partial charge in [0.2, 0.25) is 0 Å². The van der Waals surface area contributed by atoms with Gasteiger partial charge in [-0.2, -0.15) is 0 Å². The molecule has 0 aromatic carbocycles. The predicted molar refractivity (Wildman–Crippen MR) is 28.5 cm³/mol. The smallest absolute Gasteiger partial charge is 0.336 e. The summed E-state index contributed by atoms with van der Waals surface area (Å²) < 4.78 is 0. The van der Waals surface area contributed by atoms with Crippen LogP contribution in [0.25, 0.3) is 0 Å². The maximum absolute atomic E-state index is 9.83. The van der Waals surface area contributed by atoms with Crippen LogP contribution in [0.4, 0.5) is 0 Å². The van der Waals surface area contributed by atoms with E-state index in [0.29, 0.717) is 0 Å². The molecule has 0 aliphatic rings. The van der Waals surface area contributed by atoms with Crippen LogP contribution in [0.15, 0.2) is 12.2 Å². The third-order valence-electron chi connectivity index (χ3n) is 0.701. The van der Waals surface area contributed by atoms with Gasteiger partial charge in [-0.25, -0.2) is 4.79 Å². The predicted octanol–water partition coefficient (Wildman–Crippen LogP) is 0.00800. The van der Waals surface area contributed by atoms with Gasteiger partial charge in [0.05, 0.1) is 0 Å². The Morgan fingerprint density at radius 2 is 2.12 bits per heavy atom. The molecular weight excluding hydrogens is 108 g/mol. The lowest BCUT2D eigenvalue weighted by molar-refractivity contribution is -0.144. The van der Waals surface area contributed by atoms with E-state index in [4.69, 9.17) is 10.2 Å². The van der Waals surface area contributed by atoms with Gasteiger partial charge in [0, 0.05) is 0 Å². The molecule has 3 heteroatoms. The molecule has 0 amide bonds. The van der Waals surface area contributed by atoms with Gasteiger partial charge in [-0.15, -0.1) is 0 Å². The average molecular weight is 116 g/mol. The monoisotopic (exact) mass is 116 g/mol. The Hall–Kier alpha value is -0.830. The first-order valence-corrected chi connectivity index (χ1v) is 2.12. The van der Waals surface area contributed by atoms with E-state index in [2.05, 4.69) is 6.58 Å². The Bertz CT molecular complexity index is 103. The summed E-state index contributed by atoms with van der Waals surface area (Å²) >= 11 is 0. The lowest BCUT2D eigenvalue weighted by Gasteiger charge is -2.00. The Balaban J connectivity index is 3.83. The summed E-state index contributed by atoms with van der Waals surface area (Å²) in [7, 11) is 0. The normalized spacial score (nSPS) is 12.8. The second kappa shape index (κ2) is 2.47. The van der Waals surface area contributed by atoms with Crippen LogP contribution in [0.3, 0.4) is 0 Å². The molecule has 0 rings (SSSR count). The van der Waals surface area contributed by atoms with Crippen LogP contribution in [0.5, 0.6) is 0 Å². The first-order chi connectivity index (χ1) is 3.55. The molecule has 3 nitrogen and oxygen atoms in total. The first kappa shape index (κ1) is 7.17. The van der Waals surface area contributed by atoms with Gasteiger partial charge in [-0.05, 0) is 12.5 Å². The van der Waals surface area contributed by atoms with E-state index in [0.717, 1.165) is 0 Å². The minimum atomic E-state index is -1.41. The van der Waals surface area contributed by atoms with Crippen molar-refractivity contribution in [3.63, 3.8) is 0 Å².